The molecule has 7 heteroatoms. The fourth-order valence-electron chi connectivity index (χ4n) is 3.01. The molecule has 1 heterocycles. The van der Waals surface area contributed by atoms with Crippen LogP contribution in [0.15, 0.2) is 71.8 Å². The van der Waals surface area contributed by atoms with Crippen molar-refractivity contribution in [1.29, 1.82) is 0 Å². The highest BCUT2D eigenvalue weighted by atomic mass is 16.5. The van der Waals surface area contributed by atoms with Crippen LogP contribution >= 0.6 is 0 Å². The van der Waals surface area contributed by atoms with E-state index in [9.17, 15) is 9.90 Å². The molecule has 0 aliphatic carbocycles. The molecule has 0 radical (unpaired) electrons. The monoisotopic (exact) mass is 400 g/mol. The fourth-order valence-corrected chi connectivity index (χ4v) is 3.01. The number of hydrogen-bond acceptors (Lipinski definition) is 5. The number of aromatic hydroxyl groups is 1. The van der Waals surface area contributed by atoms with Crippen molar-refractivity contribution in [1.82, 2.24) is 15.4 Å². The average Bonchev–Trinajstić information content (AvgIpc) is 3.17. The van der Waals surface area contributed by atoms with Gasteiger partial charge < -0.3 is 14.8 Å². The molecule has 7 nitrogen and oxygen atoms in total. The molecular weight excluding hydrogens is 380 g/mol. The van der Waals surface area contributed by atoms with E-state index in [2.05, 4.69) is 20.5 Å². The van der Waals surface area contributed by atoms with E-state index in [1.165, 1.54) is 6.21 Å². The summed E-state index contributed by atoms with van der Waals surface area (Å²) >= 11 is 0. The Labute approximate surface area is 173 Å². The lowest BCUT2D eigenvalue weighted by Gasteiger charge is -2.01. The Bertz CT molecular complexity index is 1200. The van der Waals surface area contributed by atoms with E-state index in [1.807, 2.05) is 30.3 Å². The lowest BCUT2D eigenvalue weighted by Crippen LogP contribution is -2.17. The molecule has 3 N–H and O–H groups in total. The van der Waals surface area contributed by atoms with Crippen molar-refractivity contribution in [2.24, 2.45) is 5.10 Å². The molecule has 1 amide bonds. The van der Waals surface area contributed by atoms with Crippen LogP contribution in [0.25, 0.3) is 11.0 Å². The molecule has 0 unspecified atom stereocenters. The molecule has 0 spiro atoms. The van der Waals surface area contributed by atoms with E-state index >= 15 is 0 Å². The first-order valence-corrected chi connectivity index (χ1v) is 9.35. The Balaban J connectivity index is 1.44. The summed E-state index contributed by atoms with van der Waals surface area (Å²) in [6.07, 6.45) is 2.16. The minimum Gasteiger partial charge on any atom is -0.508 e. The average molecular weight is 400 g/mol. The van der Waals surface area contributed by atoms with Crippen LogP contribution < -0.4 is 10.2 Å². The number of phenolic OH excluding ortho intramolecular Hbond substituents is 1. The summed E-state index contributed by atoms with van der Waals surface area (Å²) < 4.78 is 5.18. The van der Waals surface area contributed by atoms with Gasteiger partial charge in [-0.15, -0.1) is 0 Å². The van der Waals surface area contributed by atoms with Gasteiger partial charge in [0.15, 0.2) is 0 Å². The number of aromatic amines is 1. The second-order valence-electron chi connectivity index (χ2n) is 6.73. The van der Waals surface area contributed by atoms with Gasteiger partial charge in [-0.05, 0) is 65.7 Å². The zero-order valence-corrected chi connectivity index (χ0v) is 16.3. The maximum Gasteiger partial charge on any atom is 0.271 e. The number of methoxy groups -OCH3 is 1. The molecule has 150 valence electrons. The summed E-state index contributed by atoms with van der Waals surface area (Å²) in [4.78, 5) is 20.2. The van der Waals surface area contributed by atoms with Crippen molar-refractivity contribution in [3.63, 3.8) is 0 Å². The Morgan fingerprint density at radius 2 is 1.90 bits per heavy atom. The van der Waals surface area contributed by atoms with Gasteiger partial charge in [-0.2, -0.15) is 5.10 Å². The van der Waals surface area contributed by atoms with Gasteiger partial charge >= 0.3 is 0 Å². The summed E-state index contributed by atoms with van der Waals surface area (Å²) in [5.74, 6) is 1.48. The number of aromatic nitrogens is 2. The summed E-state index contributed by atoms with van der Waals surface area (Å²) in [5, 5.41) is 13.2. The third-order valence-corrected chi connectivity index (χ3v) is 4.60. The normalized spacial score (nSPS) is 11.1. The van der Waals surface area contributed by atoms with Crippen molar-refractivity contribution in [3.05, 3.63) is 89.2 Å². The lowest BCUT2D eigenvalue weighted by molar-refractivity contribution is 0.0955. The van der Waals surface area contributed by atoms with E-state index < -0.39 is 0 Å². The maximum absolute atomic E-state index is 12.4. The van der Waals surface area contributed by atoms with Crippen molar-refractivity contribution >= 4 is 23.2 Å². The van der Waals surface area contributed by atoms with Crippen molar-refractivity contribution in [3.8, 4) is 11.5 Å². The SMILES string of the molecule is COc1ccc(Cc2nc3ccc(C(=O)N/N=C\c4ccc(O)cc4)cc3[nH]2)cc1. The van der Waals surface area contributed by atoms with Crippen LogP contribution in [0.2, 0.25) is 0 Å². The van der Waals surface area contributed by atoms with Gasteiger partial charge in [0.05, 0.1) is 24.4 Å². The molecule has 0 aliphatic heterocycles. The minimum absolute atomic E-state index is 0.176. The number of nitrogens with one attached hydrogen (secondary N) is 2. The number of H-pyrrole nitrogens is 1. The molecule has 0 aliphatic rings. The maximum atomic E-state index is 12.4. The highest BCUT2D eigenvalue weighted by molar-refractivity contribution is 5.97. The van der Waals surface area contributed by atoms with Crippen LogP contribution in [0.3, 0.4) is 0 Å². The molecular formula is C23H20N4O3. The minimum atomic E-state index is -0.321. The summed E-state index contributed by atoms with van der Waals surface area (Å²) in [6.45, 7) is 0. The number of nitrogens with zero attached hydrogens (tertiary/aromatic N) is 2. The second kappa shape index (κ2) is 8.48. The predicted molar refractivity (Wildman–Crippen MR) is 115 cm³/mol. The molecule has 3 aromatic carbocycles. The smallest absolute Gasteiger partial charge is 0.271 e. The number of phenols is 1. The van der Waals surface area contributed by atoms with E-state index in [0.29, 0.717) is 12.0 Å². The van der Waals surface area contributed by atoms with Gasteiger partial charge in [0.1, 0.15) is 17.3 Å². The van der Waals surface area contributed by atoms with Crippen LogP contribution in [-0.4, -0.2) is 34.3 Å². The number of benzene rings is 3. The Kier molecular flexibility index (Phi) is 5.43. The first-order chi connectivity index (χ1) is 14.6. The number of carbonyl (C=O) groups excluding carboxylic acids is 1. The van der Waals surface area contributed by atoms with Crippen molar-refractivity contribution in [2.45, 2.75) is 6.42 Å². The number of hydrazone groups is 1. The van der Waals surface area contributed by atoms with Crippen LogP contribution in [0, 0.1) is 0 Å². The zero-order valence-electron chi connectivity index (χ0n) is 16.3. The topological polar surface area (TPSA) is 99.6 Å². The van der Waals surface area contributed by atoms with Gasteiger partial charge in [-0.25, -0.2) is 10.4 Å². The van der Waals surface area contributed by atoms with E-state index in [4.69, 9.17) is 4.74 Å². The summed E-state index contributed by atoms with van der Waals surface area (Å²) in [7, 11) is 1.64. The van der Waals surface area contributed by atoms with Gasteiger partial charge in [0, 0.05) is 12.0 Å². The van der Waals surface area contributed by atoms with Gasteiger partial charge in [0.25, 0.3) is 5.91 Å². The molecule has 30 heavy (non-hydrogen) atoms. The number of carbonyl (C=O) groups is 1. The highest BCUT2D eigenvalue weighted by Crippen LogP contribution is 2.18. The fraction of sp³-hybridized carbons (Fsp3) is 0.0870. The highest BCUT2D eigenvalue weighted by Gasteiger charge is 2.09. The van der Waals surface area contributed by atoms with Gasteiger partial charge in [0.2, 0.25) is 0 Å². The van der Waals surface area contributed by atoms with Crippen LogP contribution in [-0.2, 0) is 6.42 Å². The van der Waals surface area contributed by atoms with Crippen LogP contribution in [0.5, 0.6) is 11.5 Å². The number of ether oxygens (including phenoxy) is 1. The van der Waals surface area contributed by atoms with Gasteiger partial charge in [-0.3, -0.25) is 4.79 Å². The Morgan fingerprint density at radius 3 is 2.63 bits per heavy atom. The molecule has 4 aromatic rings. The summed E-state index contributed by atoms with van der Waals surface area (Å²) in [5.41, 5.74) is 6.43. The first kappa shape index (κ1) is 19.2. The molecule has 1 aromatic heterocycles. The van der Waals surface area contributed by atoms with Crippen molar-refractivity contribution in [2.75, 3.05) is 7.11 Å². The number of fused-ring (bicyclic) bond motifs is 1. The summed E-state index contributed by atoms with van der Waals surface area (Å²) in [6, 6.07) is 19.6. The lowest BCUT2D eigenvalue weighted by atomic mass is 10.1. The number of amides is 1. The van der Waals surface area contributed by atoms with Crippen molar-refractivity contribution < 1.29 is 14.6 Å². The van der Waals surface area contributed by atoms with Crippen LogP contribution in [0.4, 0.5) is 0 Å². The van der Waals surface area contributed by atoms with E-state index in [1.54, 1.807) is 43.5 Å². The molecule has 0 saturated heterocycles. The standard InChI is InChI=1S/C23H20N4O3/c1-30-19-9-4-15(5-10-19)12-22-25-20-11-6-17(13-21(20)26-22)23(29)27-24-14-16-2-7-18(28)8-3-16/h2-11,13-14,28H,12H2,1H3,(H,25,26)(H,27,29)/b24-14-. The molecule has 0 saturated carbocycles. The third-order valence-electron chi connectivity index (χ3n) is 4.60. The van der Waals surface area contributed by atoms with Gasteiger partial charge in [-0.1, -0.05) is 12.1 Å². The number of imidazole rings is 1. The number of rotatable bonds is 6. The van der Waals surface area contributed by atoms with Crippen LogP contribution in [0.1, 0.15) is 27.3 Å². The molecule has 0 atom stereocenters. The van der Waals surface area contributed by atoms with E-state index in [0.717, 1.165) is 33.7 Å². The Hall–Kier alpha value is -4.13. The second-order valence-corrected chi connectivity index (χ2v) is 6.73. The first-order valence-electron chi connectivity index (χ1n) is 9.35. The molecule has 0 bridgehead atoms. The molecule has 0 fully saturated rings. The largest absolute Gasteiger partial charge is 0.508 e. The predicted octanol–water partition coefficient (Wildman–Crippen LogP) is 3.63. The number of hydrogen-bond donors (Lipinski definition) is 3. The zero-order chi connectivity index (χ0) is 20.9. The quantitative estimate of drug-likeness (QED) is 0.340. The molecule has 4 rings (SSSR count). The Morgan fingerprint density at radius 1 is 1.13 bits per heavy atom. The van der Waals surface area contributed by atoms with E-state index in [-0.39, 0.29) is 11.7 Å². The third kappa shape index (κ3) is 4.47.